The third-order valence-corrected chi connectivity index (χ3v) is 4.76. The van der Waals surface area contributed by atoms with Crippen LogP contribution in [-0.4, -0.2) is 44.2 Å². The topological polar surface area (TPSA) is 44.8 Å². The number of hydrogen-bond donors (Lipinski definition) is 1. The number of aryl methyl sites for hydroxylation is 1. The van der Waals surface area contributed by atoms with Crippen molar-refractivity contribution in [3.63, 3.8) is 0 Å². The lowest BCUT2D eigenvalue weighted by molar-refractivity contribution is 0.208. The van der Waals surface area contributed by atoms with Crippen LogP contribution < -0.4 is 15.0 Å². The van der Waals surface area contributed by atoms with E-state index in [0.717, 1.165) is 30.1 Å². The van der Waals surface area contributed by atoms with Crippen molar-refractivity contribution < 1.29 is 9.53 Å². The van der Waals surface area contributed by atoms with Crippen LogP contribution in [0.25, 0.3) is 0 Å². The van der Waals surface area contributed by atoms with Gasteiger partial charge in [0.05, 0.1) is 23.5 Å². The van der Waals surface area contributed by atoms with Crippen molar-refractivity contribution in [1.29, 1.82) is 0 Å². The van der Waals surface area contributed by atoms with E-state index in [1.54, 1.807) is 13.2 Å². The number of benzene rings is 2. The largest absolute Gasteiger partial charge is 0.495 e. The molecule has 1 fully saturated rings. The summed E-state index contributed by atoms with van der Waals surface area (Å²) in [5, 5.41) is 3.49. The lowest BCUT2D eigenvalue weighted by atomic mass is 10.2. The van der Waals surface area contributed by atoms with E-state index in [1.165, 1.54) is 0 Å². The number of methoxy groups -OCH3 is 1. The highest BCUT2D eigenvalue weighted by molar-refractivity contribution is 6.33. The molecule has 0 spiro atoms. The normalized spacial score (nSPS) is 14.4. The van der Waals surface area contributed by atoms with Crippen molar-refractivity contribution in [2.45, 2.75) is 6.92 Å². The maximum Gasteiger partial charge on any atom is 0.322 e. The summed E-state index contributed by atoms with van der Waals surface area (Å²) in [4.78, 5) is 16.6. The van der Waals surface area contributed by atoms with Gasteiger partial charge < -0.3 is 19.9 Å². The number of rotatable bonds is 3. The molecule has 1 aliphatic rings. The fourth-order valence-corrected chi connectivity index (χ4v) is 3.29. The van der Waals surface area contributed by atoms with Crippen LogP contribution in [0.1, 0.15) is 5.56 Å². The highest BCUT2D eigenvalue weighted by Gasteiger charge is 2.23. The zero-order valence-corrected chi connectivity index (χ0v) is 15.2. The van der Waals surface area contributed by atoms with Crippen LogP contribution in [0.3, 0.4) is 0 Å². The molecule has 2 amide bonds. The van der Waals surface area contributed by atoms with Crippen LogP contribution >= 0.6 is 11.6 Å². The molecule has 3 rings (SSSR count). The number of nitrogens with one attached hydrogen (secondary N) is 1. The number of carbonyl (C=O) groups excluding carboxylic acids is 1. The highest BCUT2D eigenvalue weighted by atomic mass is 35.5. The molecule has 0 unspecified atom stereocenters. The highest BCUT2D eigenvalue weighted by Crippen LogP contribution is 2.29. The van der Waals surface area contributed by atoms with E-state index in [0.29, 0.717) is 23.8 Å². The first-order chi connectivity index (χ1) is 12.1. The van der Waals surface area contributed by atoms with E-state index >= 15 is 0 Å². The van der Waals surface area contributed by atoms with Crippen LogP contribution in [0.4, 0.5) is 16.2 Å². The molecule has 0 radical (unpaired) electrons. The lowest BCUT2D eigenvalue weighted by Gasteiger charge is -2.36. The summed E-state index contributed by atoms with van der Waals surface area (Å²) >= 11 is 6.19. The van der Waals surface area contributed by atoms with Gasteiger partial charge in [0.15, 0.2) is 0 Å². The van der Waals surface area contributed by atoms with Gasteiger partial charge in [-0.3, -0.25) is 0 Å². The SMILES string of the molecule is COc1ccccc1N1CCN(C(=O)Nc2c(C)cccc2Cl)CC1. The van der Waals surface area contributed by atoms with Crippen molar-refractivity contribution >= 4 is 29.0 Å². The Labute approximate surface area is 153 Å². The molecule has 2 aromatic rings. The van der Waals surface area contributed by atoms with E-state index in [1.807, 2.05) is 48.2 Å². The maximum absolute atomic E-state index is 12.6. The van der Waals surface area contributed by atoms with Crippen LogP contribution in [0.2, 0.25) is 5.02 Å². The summed E-state index contributed by atoms with van der Waals surface area (Å²) in [6, 6.07) is 13.4. The molecular formula is C19H22ClN3O2. The number of amides is 2. The van der Waals surface area contributed by atoms with Gasteiger partial charge in [-0.15, -0.1) is 0 Å². The monoisotopic (exact) mass is 359 g/mol. The number of urea groups is 1. The molecule has 1 heterocycles. The third-order valence-electron chi connectivity index (χ3n) is 4.45. The maximum atomic E-state index is 12.6. The third kappa shape index (κ3) is 3.82. The van der Waals surface area contributed by atoms with Crippen molar-refractivity contribution in [2.75, 3.05) is 43.5 Å². The first kappa shape index (κ1) is 17.4. The predicted octanol–water partition coefficient (Wildman–Crippen LogP) is 4.01. The van der Waals surface area contributed by atoms with Crippen molar-refractivity contribution in [1.82, 2.24) is 4.90 Å². The zero-order valence-electron chi connectivity index (χ0n) is 14.5. The molecule has 0 saturated carbocycles. The molecule has 5 nitrogen and oxygen atoms in total. The summed E-state index contributed by atoms with van der Waals surface area (Å²) in [7, 11) is 1.68. The van der Waals surface area contributed by atoms with Crippen LogP contribution in [0, 0.1) is 6.92 Å². The van der Waals surface area contributed by atoms with E-state index in [9.17, 15) is 4.79 Å². The number of ether oxygens (including phenoxy) is 1. The molecule has 1 aliphatic heterocycles. The summed E-state index contributed by atoms with van der Waals surface area (Å²) in [5.74, 6) is 0.854. The molecule has 2 aromatic carbocycles. The van der Waals surface area contributed by atoms with Gasteiger partial charge in [-0.2, -0.15) is 0 Å². The molecular weight excluding hydrogens is 338 g/mol. The minimum atomic E-state index is -0.115. The molecule has 0 bridgehead atoms. The van der Waals surface area contributed by atoms with Gasteiger partial charge in [0.25, 0.3) is 0 Å². The van der Waals surface area contributed by atoms with Gasteiger partial charge in [-0.05, 0) is 30.7 Å². The van der Waals surface area contributed by atoms with Crippen molar-refractivity contribution in [2.24, 2.45) is 0 Å². The van der Waals surface area contributed by atoms with Crippen molar-refractivity contribution in [3.05, 3.63) is 53.1 Å². The molecule has 1 N–H and O–H groups in total. The quantitative estimate of drug-likeness (QED) is 0.900. The molecule has 0 atom stereocenters. The summed E-state index contributed by atoms with van der Waals surface area (Å²) < 4.78 is 5.43. The Morgan fingerprint density at radius 1 is 1.08 bits per heavy atom. The standard InChI is InChI=1S/C19H22ClN3O2/c1-14-6-5-7-15(20)18(14)21-19(24)23-12-10-22(11-13-23)16-8-3-4-9-17(16)25-2/h3-9H,10-13H2,1-2H3,(H,21,24). The number of halogens is 1. The van der Waals surface area contributed by atoms with Gasteiger partial charge in [-0.1, -0.05) is 35.9 Å². The number of para-hydroxylation sites is 3. The van der Waals surface area contributed by atoms with Crippen LogP contribution in [0.5, 0.6) is 5.75 Å². The minimum absolute atomic E-state index is 0.115. The van der Waals surface area contributed by atoms with Gasteiger partial charge >= 0.3 is 6.03 Å². The second kappa shape index (κ2) is 7.66. The number of anilines is 2. The van der Waals surface area contributed by atoms with Gasteiger partial charge in [0.2, 0.25) is 0 Å². The van der Waals surface area contributed by atoms with Gasteiger partial charge in [0.1, 0.15) is 5.75 Å². The Morgan fingerprint density at radius 3 is 2.48 bits per heavy atom. The first-order valence-electron chi connectivity index (χ1n) is 8.29. The van der Waals surface area contributed by atoms with Crippen molar-refractivity contribution in [3.8, 4) is 5.75 Å². The fourth-order valence-electron chi connectivity index (χ4n) is 3.02. The number of piperazine rings is 1. The fraction of sp³-hybridized carbons (Fsp3) is 0.316. The zero-order chi connectivity index (χ0) is 17.8. The Bertz CT molecular complexity index is 738. The van der Waals surface area contributed by atoms with E-state index in [-0.39, 0.29) is 6.03 Å². The second-order valence-corrected chi connectivity index (χ2v) is 6.42. The molecule has 6 heteroatoms. The van der Waals surface area contributed by atoms with Crippen LogP contribution in [0.15, 0.2) is 42.5 Å². The first-order valence-corrected chi connectivity index (χ1v) is 8.67. The van der Waals surface area contributed by atoms with Crippen LogP contribution in [-0.2, 0) is 0 Å². The Hall–Kier alpha value is -2.40. The lowest BCUT2D eigenvalue weighted by Crippen LogP contribution is -2.50. The Kier molecular flexibility index (Phi) is 5.34. The average molecular weight is 360 g/mol. The molecule has 0 aliphatic carbocycles. The number of nitrogens with zero attached hydrogens (tertiary/aromatic N) is 2. The molecule has 132 valence electrons. The second-order valence-electron chi connectivity index (χ2n) is 6.01. The predicted molar refractivity (Wildman–Crippen MR) is 102 cm³/mol. The van der Waals surface area contributed by atoms with E-state index < -0.39 is 0 Å². The molecule has 1 saturated heterocycles. The van der Waals surface area contributed by atoms with E-state index in [4.69, 9.17) is 16.3 Å². The number of hydrogen-bond acceptors (Lipinski definition) is 3. The summed E-state index contributed by atoms with van der Waals surface area (Å²) in [6.45, 7) is 4.74. The van der Waals surface area contributed by atoms with E-state index in [2.05, 4.69) is 10.2 Å². The summed E-state index contributed by atoms with van der Waals surface area (Å²) in [5.41, 5.74) is 2.70. The molecule has 0 aromatic heterocycles. The number of carbonyl (C=O) groups is 1. The average Bonchev–Trinajstić information content (AvgIpc) is 2.65. The summed E-state index contributed by atoms with van der Waals surface area (Å²) in [6.07, 6.45) is 0. The van der Waals surface area contributed by atoms with Gasteiger partial charge in [-0.25, -0.2) is 4.79 Å². The Morgan fingerprint density at radius 2 is 1.80 bits per heavy atom. The van der Waals surface area contributed by atoms with Gasteiger partial charge in [0, 0.05) is 26.2 Å². The smallest absolute Gasteiger partial charge is 0.322 e. The Balaban J connectivity index is 1.63. The molecule has 25 heavy (non-hydrogen) atoms. The minimum Gasteiger partial charge on any atom is -0.495 e.